The second-order valence-electron chi connectivity index (χ2n) is 11.9. The van der Waals surface area contributed by atoms with Crippen LogP contribution in [-0.4, -0.2) is 79.5 Å². The van der Waals surface area contributed by atoms with E-state index in [4.69, 9.17) is 0 Å². The standard InChI is InChI=1S/C34H25N5O15S3.2Cu.3Na/c1-15(40)35-23-13-19(55(46,47)48)9-18-12-29(57(52,53)54)32(34(45)30(18)23)39-37-22-8-6-17(11-27(22)43)16-5-7-21(26(42)10-16)36-38-24-14-28(56(49,50)51)20-3-2-4-25(41)31(20)33(24)44;;;;;/h2-14,41-45H,1H3,(H,35,40)(H,46,47,48)(H,49,50,51)(H,52,53,54);;;;;/q;2*+2;;2*+1/p-7. The molecule has 0 bridgehead atoms. The second-order valence-corrected chi connectivity index (χ2v) is 15.9. The van der Waals surface area contributed by atoms with Crippen molar-refractivity contribution < 1.29 is 162 Å². The van der Waals surface area contributed by atoms with Gasteiger partial charge in [0.2, 0.25) is 5.91 Å². The molecule has 0 fully saturated rings. The molecule has 6 aromatic rings. The molecule has 0 aliphatic carbocycles. The summed E-state index contributed by atoms with van der Waals surface area (Å²) < 4.78 is 107. The Hall–Kier alpha value is -2.72. The predicted octanol–water partition coefficient (Wildman–Crippen LogP) is -3.22. The molecule has 0 spiro atoms. The van der Waals surface area contributed by atoms with E-state index >= 15 is 0 Å². The Kier molecular flexibility index (Phi) is 20.3. The van der Waals surface area contributed by atoms with Crippen LogP contribution in [0.3, 0.4) is 0 Å². The SMILES string of the molecule is CC(=O)Nc1cc(S(=O)(=O)[O-])cc2cc(S(=O)(=O)[O-])c(N=Nc3ccc(-c4ccc(N=Nc5cc(S(=O)(=O)[O-])c6cccc(O)c6c5[O-])c([O-])c4)cc3[O-])c([O-])c12.[Cu+2].[Cu+2].[Na+].[Na+].[Na]. The third-order valence-electron chi connectivity index (χ3n) is 8.05. The second kappa shape index (κ2) is 22.0. The largest absolute Gasteiger partial charge is 2.00 e. The van der Waals surface area contributed by atoms with Crippen molar-refractivity contribution in [3.05, 3.63) is 78.9 Å². The van der Waals surface area contributed by atoms with Gasteiger partial charge in [0, 0.05) is 52.9 Å². The van der Waals surface area contributed by atoms with Crippen LogP contribution in [0.5, 0.6) is 28.7 Å². The monoisotopic (exact) mass is 1030 g/mol. The van der Waals surface area contributed by atoms with Crippen molar-refractivity contribution in [1.29, 1.82) is 0 Å². The maximum Gasteiger partial charge on any atom is 2.00 e. The van der Waals surface area contributed by atoms with E-state index in [1.807, 2.05) is 0 Å². The number of hydrogen-bond acceptors (Lipinski definition) is 19. The van der Waals surface area contributed by atoms with Crippen LogP contribution >= 0.6 is 0 Å². The fraction of sp³-hybridized carbons (Fsp3) is 0.0294. The minimum atomic E-state index is -5.54. The first kappa shape index (κ1) is 57.3. The van der Waals surface area contributed by atoms with Crippen LogP contribution in [0.4, 0.5) is 28.4 Å². The zero-order chi connectivity index (χ0) is 41.8. The molecule has 0 atom stereocenters. The Balaban J connectivity index is 0.00000384. The fourth-order valence-corrected chi connectivity index (χ4v) is 7.46. The summed E-state index contributed by atoms with van der Waals surface area (Å²) in [6, 6.07) is 12.7. The quantitative estimate of drug-likeness (QED) is 0.0818. The summed E-state index contributed by atoms with van der Waals surface area (Å²) in [5.41, 5.74) is -2.91. The minimum Gasteiger partial charge on any atom is -0.871 e. The van der Waals surface area contributed by atoms with Crippen LogP contribution in [0.25, 0.3) is 32.7 Å². The first-order valence-corrected chi connectivity index (χ1v) is 19.7. The van der Waals surface area contributed by atoms with Crippen LogP contribution in [0.15, 0.2) is 114 Å². The normalized spacial score (nSPS) is 11.5. The van der Waals surface area contributed by atoms with Crippen molar-refractivity contribution in [3.63, 3.8) is 0 Å². The van der Waals surface area contributed by atoms with Crippen LogP contribution < -0.4 is 84.9 Å². The number of phenols is 1. The van der Waals surface area contributed by atoms with Gasteiger partial charge in [-0.05, 0) is 64.4 Å². The van der Waals surface area contributed by atoms with Crippen LogP contribution in [0, 0.1) is 0 Å². The third-order valence-corrected chi connectivity index (χ3v) is 10.6. The molecule has 0 aliphatic rings. The van der Waals surface area contributed by atoms with E-state index in [0.717, 1.165) is 43.3 Å². The molecule has 313 valence electrons. The molecule has 0 saturated carbocycles. The number of benzene rings is 6. The number of amides is 1. The maximum atomic E-state index is 13.5. The number of carbonyl (C=O) groups excluding carboxylic acids is 1. The molecule has 0 aromatic heterocycles. The van der Waals surface area contributed by atoms with Crippen LogP contribution in [0.2, 0.25) is 0 Å². The van der Waals surface area contributed by atoms with E-state index in [0.29, 0.717) is 24.3 Å². The summed E-state index contributed by atoms with van der Waals surface area (Å²) in [5, 5.41) is 77.3. The Labute approximate surface area is 439 Å². The molecular weight excluding hydrogens is 1010 g/mol. The van der Waals surface area contributed by atoms with Gasteiger partial charge < -0.3 is 44.5 Å². The summed E-state index contributed by atoms with van der Waals surface area (Å²) in [4.78, 5) is 8.69. The topological polar surface area (TPSA) is 363 Å². The number of fused-ring (bicyclic) bond motifs is 2. The number of azo groups is 2. The smallest absolute Gasteiger partial charge is 0.871 e. The average molecular weight is 1030 g/mol. The van der Waals surface area contributed by atoms with Crippen molar-refractivity contribution >= 4 is 116 Å². The summed E-state index contributed by atoms with van der Waals surface area (Å²) in [6.07, 6.45) is 0. The van der Waals surface area contributed by atoms with Gasteiger partial charge in [0.15, 0.2) is 0 Å². The van der Waals surface area contributed by atoms with Gasteiger partial charge in [0.05, 0.1) is 37.4 Å². The minimum absolute atomic E-state index is 0. The fourth-order valence-electron chi connectivity index (χ4n) is 5.59. The van der Waals surface area contributed by atoms with E-state index in [9.17, 15) is 69.2 Å². The number of nitrogens with zero attached hydrogens (tertiary/aromatic N) is 4. The average Bonchev–Trinajstić information content (AvgIpc) is 3.10. The zero-order valence-corrected chi connectivity index (χ0v) is 42.1. The van der Waals surface area contributed by atoms with Crippen molar-refractivity contribution in [2.45, 2.75) is 21.6 Å². The summed E-state index contributed by atoms with van der Waals surface area (Å²) in [7, 11) is -15.9. The molecule has 2 N–H and O–H groups in total. The van der Waals surface area contributed by atoms with Gasteiger partial charge in [0.25, 0.3) is 0 Å². The van der Waals surface area contributed by atoms with Crippen molar-refractivity contribution in [1.82, 2.24) is 0 Å². The van der Waals surface area contributed by atoms with E-state index < -0.39 is 119 Å². The van der Waals surface area contributed by atoms with Crippen LogP contribution in [-0.2, 0) is 69.3 Å². The van der Waals surface area contributed by atoms with Gasteiger partial charge in [-0.1, -0.05) is 59.4 Å². The summed E-state index contributed by atoms with van der Waals surface area (Å²) in [6.45, 7) is 0.985. The number of phenolic OH excluding ortho intramolecular Hbond substituents is 1. The van der Waals surface area contributed by atoms with Crippen molar-refractivity contribution in [2.24, 2.45) is 20.5 Å². The van der Waals surface area contributed by atoms with Gasteiger partial charge in [-0.25, -0.2) is 25.3 Å². The van der Waals surface area contributed by atoms with Crippen molar-refractivity contribution in [3.8, 4) is 39.9 Å². The van der Waals surface area contributed by atoms with Gasteiger partial charge in [0.1, 0.15) is 36.1 Å². The number of carbonyl (C=O) groups is 1. The number of rotatable bonds is 9. The van der Waals surface area contributed by atoms with Gasteiger partial charge in [-0.3, -0.25) is 4.79 Å². The maximum absolute atomic E-state index is 13.5. The molecular formula is C34H18Cu2N5Na3O15S3-. The Morgan fingerprint density at radius 2 is 1.13 bits per heavy atom. The van der Waals surface area contributed by atoms with Crippen LogP contribution in [0.1, 0.15) is 6.92 Å². The van der Waals surface area contributed by atoms with E-state index in [1.54, 1.807) is 0 Å². The number of aromatic hydroxyl groups is 1. The summed E-state index contributed by atoms with van der Waals surface area (Å²) in [5.74, 6) is -5.46. The van der Waals surface area contributed by atoms with E-state index in [-0.39, 0.29) is 145 Å². The Morgan fingerprint density at radius 3 is 1.61 bits per heavy atom. The molecule has 1 amide bonds. The summed E-state index contributed by atoms with van der Waals surface area (Å²) >= 11 is 0. The van der Waals surface area contributed by atoms with Gasteiger partial charge in [-0.2, -0.15) is 15.3 Å². The molecule has 0 saturated heterocycles. The zero-order valence-electron chi connectivity index (χ0n) is 31.8. The van der Waals surface area contributed by atoms with Crippen molar-refractivity contribution in [2.75, 3.05) is 5.32 Å². The number of nitrogens with one attached hydrogen (secondary N) is 1. The molecule has 3 radical (unpaired) electrons. The first-order valence-electron chi connectivity index (χ1n) is 15.4. The molecule has 6 aromatic carbocycles. The van der Waals surface area contributed by atoms with E-state index in [2.05, 4.69) is 25.8 Å². The van der Waals surface area contributed by atoms with Gasteiger partial charge in [-0.15, -0.1) is 5.11 Å². The third kappa shape index (κ3) is 12.3. The van der Waals surface area contributed by atoms with Gasteiger partial charge >= 0.3 is 93.3 Å². The number of anilines is 1. The first-order chi connectivity index (χ1) is 26.5. The molecule has 0 unspecified atom stereocenters. The predicted molar refractivity (Wildman–Crippen MR) is 192 cm³/mol. The molecule has 28 heteroatoms. The van der Waals surface area contributed by atoms with E-state index in [1.165, 1.54) is 18.2 Å². The molecule has 6 rings (SSSR count). The molecule has 0 aliphatic heterocycles. The molecule has 62 heavy (non-hydrogen) atoms. The Bertz CT molecular complexity index is 3150. The number of hydrogen-bond donors (Lipinski definition) is 2. The Morgan fingerprint density at radius 1 is 0.613 bits per heavy atom. The molecule has 20 nitrogen and oxygen atoms in total. The molecule has 0 heterocycles.